The van der Waals surface area contributed by atoms with Crippen LogP contribution in [0.15, 0.2) is 18.2 Å². The maximum atomic E-state index is 13.9. The van der Waals surface area contributed by atoms with E-state index in [1.165, 1.54) is 4.31 Å². The molecule has 31 heavy (non-hydrogen) atoms. The second kappa shape index (κ2) is 9.47. The van der Waals surface area contributed by atoms with Gasteiger partial charge >= 0.3 is 0 Å². The highest BCUT2D eigenvalue weighted by Crippen LogP contribution is 2.42. The van der Waals surface area contributed by atoms with Crippen molar-refractivity contribution in [3.63, 3.8) is 0 Å². The smallest absolute Gasteiger partial charge is 0.254 e. The Labute approximate surface area is 191 Å². The number of carbonyl (C=O) groups is 1. The van der Waals surface area contributed by atoms with Crippen LogP contribution in [0, 0.1) is 0 Å². The molecular weight excluding hydrogens is 471 g/mol. The minimum absolute atomic E-state index is 0.0268. The molecule has 0 bridgehead atoms. The summed E-state index contributed by atoms with van der Waals surface area (Å²) in [5.74, 6) is -3.16. The van der Waals surface area contributed by atoms with Crippen molar-refractivity contribution in [1.29, 1.82) is 0 Å². The van der Waals surface area contributed by atoms with Crippen LogP contribution in [-0.2, 0) is 10.0 Å². The zero-order valence-corrected chi connectivity index (χ0v) is 19.7. The molecule has 2 aliphatic rings. The molecule has 1 aromatic rings. The molecule has 1 heterocycles. The first-order valence-corrected chi connectivity index (χ1v) is 12.7. The van der Waals surface area contributed by atoms with Crippen molar-refractivity contribution in [3.05, 3.63) is 33.8 Å². The maximum Gasteiger partial charge on any atom is 0.254 e. The quantitative estimate of drug-likeness (QED) is 0.651. The van der Waals surface area contributed by atoms with E-state index < -0.39 is 27.4 Å². The topological polar surface area (TPSA) is 69.7 Å². The Kier molecular flexibility index (Phi) is 7.53. The van der Waals surface area contributed by atoms with Crippen LogP contribution in [0.1, 0.15) is 43.0 Å². The molecule has 1 aliphatic heterocycles. The Morgan fingerprint density at radius 1 is 1.06 bits per heavy atom. The summed E-state index contributed by atoms with van der Waals surface area (Å²) in [5.41, 5.74) is -0.520. The van der Waals surface area contributed by atoms with E-state index in [-0.39, 0.29) is 53.6 Å². The summed E-state index contributed by atoms with van der Waals surface area (Å²) >= 11 is 12.2. The fourth-order valence-electron chi connectivity index (χ4n) is 4.36. The second-order valence-corrected chi connectivity index (χ2v) is 11.2. The molecular formula is C20H27Cl2F2N3O3S. The van der Waals surface area contributed by atoms with Crippen LogP contribution < -0.4 is 5.32 Å². The number of rotatable bonds is 6. The largest absolute Gasteiger partial charge is 0.350 e. The fourth-order valence-corrected chi connectivity index (χ4v) is 6.01. The fraction of sp³-hybridized carbons (Fsp3) is 0.650. The number of alkyl halides is 2. The van der Waals surface area contributed by atoms with Crippen molar-refractivity contribution in [1.82, 2.24) is 14.5 Å². The molecule has 174 valence electrons. The van der Waals surface area contributed by atoms with Crippen molar-refractivity contribution in [2.24, 2.45) is 0 Å². The lowest BCUT2D eigenvalue weighted by atomic mass is 9.78. The Morgan fingerprint density at radius 3 is 2.13 bits per heavy atom. The highest BCUT2D eigenvalue weighted by molar-refractivity contribution is 7.89. The first-order chi connectivity index (χ1) is 14.5. The second-order valence-electron chi connectivity index (χ2n) is 8.15. The van der Waals surface area contributed by atoms with Gasteiger partial charge in [0.1, 0.15) is 0 Å². The standard InChI is InChI=1S/C20H27Cl2F2N3O3S/c1-2-31(29,30)27-12-10-26(11-13-27)19(6-8-20(23,24)9-7-19)14-25-18(28)17-15(21)4-3-5-16(17)22/h3-5H,2,6-14H2,1H3,(H,25,28). The lowest BCUT2D eigenvalue weighted by Gasteiger charge is -2.50. The van der Waals surface area contributed by atoms with Gasteiger partial charge in [-0.1, -0.05) is 29.3 Å². The molecule has 3 rings (SSSR count). The third-order valence-corrected chi connectivity index (χ3v) is 8.86. The molecule has 0 radical (unpaired) electrons. The summed E-state index contributed by atoms with van der Waals surface area (Å²) in [6, 6.07) is 4.76. The third kappa shape index (κ3) is 5.50. The molecule has 1 aromatic carbocycles. The van der Waals surface area contributed by atoms with E-state index in [0.29, 0.717) is 26.2 Å². The third-order valence-electron chi connectivity index (χ3n) is 6.35. The van der Waals surface area contributed by atoms with E-state index in [1.54, 1.807) is 25.1 Å². The monoisotopic (exact) mass is 497 g/mol. The summed E-state index contributed by atoms with van der Waals surface area (Å²) in [5, 5.41) is 3.27. The number of nitrogens with zero attached hydrogens (tertiary/aromatic N) is 2. The lowest BCUT2D eigenvalue weighted by molar-refractivity contribution is -0.0856. The van der Waals surface area contributed by atoms with Crippen molar-refractivity contribution < 1.29 is 22.0 Å². The number of hydrogen-bond donors (Lipinski definition) is 1. The molecule has 1 amide bonds. The number of benzene rings is 1. The molecule has 1 aliphatic carbocycles. The van der Waals surface area contributed by atoms with Crippen LogP contribution >= 0.6 is 23.2 Å². The van der Waals surface area contributed by atoms with E-state index in [2.05, 4.69) is 10.2 Å². The van der Waals surface area contributed by atoms with Gasteiger partial charge in [0.2, 0.25) is 15.9 Å². The van der Waals surface area contributed by atoms with E-state index in [0.717, 1.165) is 0 Å². The Morgan fingerprint density at radius 2 is 1.61 bits per heavy atom. The van der Waals surface area contributed by atoms with Crippen LogP contribution in [0.3, 0.4) is 0 Å². The van der Waals surface area contributed by atoms with Crippen molar-refractivity contribution in [2.45, 2.75) is 44.1 Å². The van der Waals surface area contributed by atoms with Crippen LogP contribution in [0.25, 0.3) is 0 Å². The first kappa shape index (κ1) is 24.6. The SMILES string of the molecule is CCS(=O)(=O)N1CCN(C2(CNC(=O)c3c(Cl)cccc3Cl)CCC(F)(F)CC2)CC1. The molecule has 6 nitrogen and oxygen atoms in total. The lowest BCUT2D eigenvalue weighted by Crippen LogP contribution is -2.63. The Balaban J connectivity index is 1.75. The predicted molar refractivity (Wildman–Crippen MR) is 118 cm³/mol. The first-order valence-electron chi connectivity index (χ1n) is 10.3. The zero-order valence-electron chi connectivity index (χ0n) is 17.3. The number of piperazine rings is 1. The summed E-state index contributed by atoms with van der Waals surface area (Å²) in [6.45, 7) is 3.21. The molecule has 1 saturated heterocycles. The van der Waals surface area contributed by atoms with Crippen LogP contribution in [0.4, 0.5) is 8.78 Å². The molecule has 0 aromatic heterocycles. The predicted octanol–water partition coefficient (Wildman–Crippen LogP) is 3.64. The number of nitrogens with one attached hydrogen (secondary N) is 1. The van der Waals surface area contributed by atoms with Gasteiger partial charge in [-0.3, -0.25) is 9.69 Å². The van der Waals surface area contributed by atoms with Gasteiger partial charge in [0, 0.05) is 51.1 Å². The highest BCUT2D eigenvalue weighted by atomic mass is 35.5. The average molecular weight is 498 g/mol. The summed E-state index contributed by atoms with van der Waals surface area (Å²) < 4.78 is 53.6. The van der Waals surface area contributed by atoms with Gasteiger partial charge in [-0.2, -0.15) is 4.31 Å². The number of halogens is 4. The zero-order chi connectivity index (χ0) is 22.9. The van der Waals surface area contributed by atoms with E-state index >= 15 is 0 Å². The minimum atomic E-state index is -3.30. The normalized spacial score (nSPS) is 22.2. The van der Waals surface area contributed by atoms with E-state index in [9.17, 15) is 22.0 Å². The van der Waals surface area contributed by atoms with Gasteiger partial charge in [0.25, 0.3) is 5.91 Å². The van der Waals surface area contributed by atoms with Gasteiger partial charge in [-0.25, -0.2) is 17.2 Å². The average Bonchev–Trinajstić information content (AvgIpc) is 2.73. The number of carbonyl (C=O) groups excluding carboxylic acids is 1. The Bertz CT molecular complexity index is 892. The van der Waals surface area contributed by atoms with Gasteiger partial charge in [0.15, 0.2) is 0 Å². The van der Waals surface area contributed by atoms with Crippen LogP contribution in [0.5, 0.6) is 0 Å². The van der Waals surface area contributed by atoms with Crippen molar-refractivity contribution >= 4 is 39.1 Å². The number of sulfonamides is 1. The van der Waals surface area contributed by atoms with E-state index in [4.69, 9.17) is 23.2 Å². The number of hydrogen-bond acceptors (Lipinski definition) is 4. The molecule has 11 heteroatoms. The van der Waals surface area contributed by atoms with E-state index in [1.807, 2.05) is 0 Å². The molecule has 0 unspecified atom stereocenters. The Hall–Kier alpha value is -1.00. The minimum Gasteiger partial charge on any atom is -0.350 e. The van der Waals surface area contributed by atoms with Gasteiger partial charge in [-0.15, -0.1) is 0 Å². The van der Waals surface area contributed by atoms with Gasteiger partial charge in [-0.05, 0) is 31.9 Å². The molecule has 1 N–H and O–H groups in total. The van der Waals surface area contributed by atoms with Crippen molar-refractivity contribution in [3.8, 4) is 0 Å². The highest BCUT2D eigenvalue weighted by Gasteiger charge is 2.47. The van der Waals surface area contributed by atoms with Crippen LogP contribution in [0.2, 0.25) is 10.0 Å². The summed E-state index contributed by atoms with van der Waals surface area (Å²) in [4.78, 5) is 14.8. The van der Waals surface area contributed by atoms with Crippen molar-refractivity contribution in [2.75, 3.05) is 38.5 Å². The molecule has 1 saturated carbocycles. The number of amides is 1. The summed E-state index contributed by atoms with van der Waals surface area (Å²) in [6.07, 6.45) is -0.138. The van der Waals surface area contributed by atoms with Gasteiger partial charge < -0.3 is 5.32 Å². The van der Waals surface area contributed by atoms with Gasteiger partial charge in [0.05, 0.1) is 21.4 Å². The molecule has 0 atom stereocenters. The molecule has 0 spiro atoms. The summed E-state index contributed by atoms with van der Waals surface area (Å²) in [7, 11) is -3.30. The van der Waals surface area contributed by atoms with Crippen LogP contribution in [-0.4, -0.2) is 73.5 Å². The molecule has 2 fully saturated rings. The maximum absolute atomic E-state index is 13.9.